The molecular weight excluding hydrogens is 452 g/mol. The van der Waals surface area contributed by atoms with E-state index in [0.29, 0.717) is 17.7 Å². The second-order valence-electron chi connectivity index (χ2n) is 6.88. The number of oxime groups is 1. The van der Waals surface area contributed by atoms with Crippen molar-refractivity contribution in [3.8, 4) is 0 Å². The number of halogens is 7. The van der Waals surface area contributed by atoms with Crippen LogP contribution in [0.3, 0.4) is 0 Å². The minimum absolute atomic E-state index is 0.148. The van der Waals surface area contributed by atoms with Crippen molar-refractivity contribution in [2.45, 2.75) is 31.3 Å². The first-order chi connectivity index (χ1) is 14.3. The molecule has 3 rings (SSSR count). The van der Waals surface area contributed by atoms with Gasteiger partial charge in [-0.3, -0.25) is 0 Å². The van der Waals surface area contributed by atoms with Gasteiger partial charge in [-0.25, -0.2) is 4.79 Å². The smallest absolute Gasteiger partial charge is 0.435 e. The summed E-state index contributed by atoms with van der Waals surface area (Å²) >= 11 is 5.68. The average Bonchev–Trinajstić information content (AvgIpc) is 3.13. The number of hydrogen-bond acceptors (Lipinski definition) is 4. The van der Waals surface area contributed by atoms with Gasteiger partial charge in [0.2, 0.25) is 0 Å². The first kappa shape index (κ1) is 22.9. The molecule has 0 radical (unpaired) electrons. The lowest BCUT2D eigenvalue weighted by atomic mass is 9.85. The molecule has 1 heterocycles. The maximum atomic E-state index is 14.1. The van der Waals surface area contributed by atoms with E-state index in [0.717, 1.165) is 6.07 Å². The number of carbonyl (C=O) groups excluding carboxylic acids is 1. The van der Waals surface area contributed by atoms with Crippen LogP contribution in [-0.2, 0) is 21.4 Å². The summed E-state index contributed by atoms with van der Waals surface area (Å²) in [5.74, 6) is -0.628. The minimum Gasteiger partial charge on any atom is -0.465 e. The molecule has 0 aliphatic carbocycles. The molecule has 2 aromatic rings. The number of aryl methyl sites for hydroxylation is 1. The highest BCUT2D eigenvalue weighted by Crippen LogP contribution is 2.50. The average molecular weight is 466 g/mol. The summed E-state index contributed by atoms with van der Waals surface area (Å²) in [4.78, 5) is 16.5. The van der Waals surface area contributed by atoms with Gasteiger partial charge < -0.3 is 9.57 Å². The fourth-order valence-corrected chi connectivity index (χ4v) is 3.46. The Labute approximate surface area is 177 Å². The number of benzene rings is 2. The monoisotopic (exact) mass is 465 g/mol. The van der Waals surface area contributed by atoms with Crippen LogP contribution >= 0.6 is 11.6 Å². The van der Waals surface area contributed by atoms with Crippen LogP contribution in [0.1, 0.15) is 39.0 Å². The van der Waals surface area contributed by atoms with Gasteiger partial charge in [0.1, 0.15) is 0 Å². The van der Waals surface area contributed by atoms with Gasteiger partial charge in [-0.15, -0.1) is 0 Å². The minimum atomic E-state index is -5.10. The zero-order valence-electron chi connectivity index (χ0n) is 16.0. The maximum Gasteiger partial charge on any atom is 0.435 e. The van der Waals surface area contributed by atoms with E-state index in [1.54, 1.807) is 6.92 Å². The summed E-state index contributed by atoms with van der Waals surface area (Å²) in [5, 5.41) is 2.99. The Morgan fingerprint density at radius 1 is 1.13 bits per heavy atom. The molecule has 31 heavy (non-hydrogen) atoms. The van der Waals surface area contributed by atoms with E-state index >= 15 is 0 Å². The standard InChI is InChI=1S/C20H14ClF6NO3/c1-10-5-11(3-4-15(10)17(29)30-2)16-9-18(31-28-16,20(25,26)27)12-6-13(19(22,23)24)8-14(21)7-12/h3-8H,9H2,1-2H3. The maximum absolute atomic E-state index is 14.1. The topological polar surface area (TPSA) is 47.9 Å². The molecule has 11 heteroatoms. The van der Waals surface area contributed by atoms with E-state index in [1.165, 1.54) is 25.3 Å². The predicted octanol–water partition coefficient (Wildman–Crippen LogP) is 6.04. The number of rotatable bonds is 3. The molecule has 166 valence electrons. The third kappa shape index (κ3) is 4.21. The van der Waals surface area contributed by atoms with Crippen LogP contribution in [0.4, 0.5) is 26.3 Å². The van der Waals surface area contributed by atoms with Crippen LogP contribution in [0.5, 0.6) is 0 Å². The molecule has 0 fully saturated rings. The second-order valence-corrected chi connectivity index (χ2v) is 7.31. The predicted molar refractivity (Wildman–Crippen MR) is 98.9 cm³/mol. The van der Waals surface area contributed by atoms with E-state index in [1.807, 2.05) is 0 Å². The van der Waals surface area contributed by atoms with E-state index < -0.39 is 46.5 Å². The van der Waals surface area contributed by atoms with Crippen LogP contribution in [0.25, 0.3) is 0 Å². The van der Waals surface area contributed by atoms with Gasteiger partial charge in [0.15, 0.2) is 0 Å². The molecule has 2 aromatic carbocycles. The number of ether oxygens (including phenoxy) is 1. The van der Waals surface area contributed by atoms with Crippen LogP contribution in [0, 0.1) is 6.92 Å². The van der Waals surface area contributed by atoms with Crippen LogP contribution in [0.2, 0.25) is 5.02 Å². The molecular formula is C20H14ClF6NO3. The molecule has 0 spiro atoms. The summed E-state index contributed by atoms with van der Waals surface area (Å²) in [6, 6.07) is 5.78. The lowest BCUT2D eigenvalue weighted by Gasteiger charge is -2.30. The molecule has 4 nitrogen and oxygen atoms in total. The highest BCUT2D eigenvalue weighted by molar-refractivity contribution is 6.30. The fraction of sp³-hybridized carbons (Fsp3) is 0.300. The van der Waals surface area contributed by atoms with Crippen LogP contribution in [0.15, 0.2) is 41.6 Å². The second kappa shape index (κ2) is 7.74. The van der Waals surface area contributed by atoms with Crippen LogP contribution in [-0.4, -0.2) is 25.0 Å². The molecule has 0 N–H and O–H groups in total. The Morgan fingerprint density at radius 2 is 1.81 bits per heavy atom. The number of alkyl halides is 6. The Balaban J connectivity index is 2.04. The first-order valence-electron chi connectivity index (χ1n) is 8.68. The molecule has 1 aliphatic heterocycles. The van der Waals surface area contributed by atoms with Crippen molar-refractivity contribution in [2.24, 2.45) is 5.16 Å². The summed E-state index contributed by atoms with van der Waals surface area (Å²) in [5.41, 5.74) is -4.62. The quantitative estimate of drug-likeness (QED) is 0.410. The highest BCUT2D eigenvalue weighted by atomic mass is 35.5. The zero-order valence-corrected chi connectivity index (χ0v) is 16.7. The van der Waals surface area contributed by atoms with Gasteiger partial charge in [0.05, 0.1) is 23.9 Å². The number of esters is 1. The van der Waals surface area contributed by atoms with Gasteiger partial charge in [-0.1, -0.05) is 22.8 Å². The molecule has 0 aromatic heterocycles. The zero-order chi connectivity index (χ0) is 23.2. The van der Waals surface area contributed by atoms with Crippen molar-refractivity contribution < 1.29 is 40.7 Å². The van der Waals surface area contributed by atoms with Gasteiger partial charge in [0.25, 0.3) is 5.60 Å². The summed E-state index contributed by atoms with van der Waals surface area (Å²) in [6.45, 7) is 1.55. The van der Waals surface area contributed by atoms with E-state index in [2.05, 4.69) is 9.89 Å². The molecule has 0 saturated carbocycles. The number of nitrogens with zero attached hydrogens (tertiary/aromatic N) is 1. The van der Waals surface area contributed by atoms with Crippen molar-refractivity contribution in [1.29, 1.82) is 0 Å². The Hall–Kier alpha value is -2.75. The normalized spacial score (nSPS) is 19.1. The van der Waals surface area contributed by atoms with Gasteiger partial charge in [-0.2, -0.15) is 26.3 Å². The fourth-order valence-electron chi connectivity index (χ4n) is 3.23. The van der Waals surface area contributed by atoms with E-state index in [-0.39, 0.29) is 16.8 Å². The summed E-state index contributed by atoms with van der Waals surface area (Å²) in [6.07, 6.45) is -10.9. The largest absolute Gasteiger partial charge is 0.465 e. The van der Waals surface area contributed by atoms with Gasteiger partial charge >= 0.3 is 18.3 Å². The third-order valence-electron chi connectivity index (χ3n) is 4.84. The molecule has 1 atom stereocenters. The molecule has 1 aliphatic rings. The molecule has 0 amide bonds. The highest BCUT2D eigenvalue weighted by Gasteiger charge is 2.62. The summed E-state index contributed by atoms with van der Waals surface area (Å²) in [7, 11) is 1.18. The van der Waals surface area contributed by atoms with Crippen molar-refractivity contribution in [2.75, 3.05) is 7.11 Å². The van der Waals surface area contributed by atoms with Crippen molar-refractivity contribution >= 4 is 23.3 Å². The molecule has 1 unspecified atom stereocenters. The first-order valence-corrected chi connectivity index (χ1v) is 9.05. The number of methoxy groups -OCH3 is 1. The third-order valence-corrected chi connectivity index (χ3v) is 5.06. The van der Waals surface area contributed by atoms with E-state index in [4.69, 9.17) is 16.4 Å². The van der Waals surface area contributed by atoms with Crippen molar-refractivity contribution in [3.63, 3.8) is 0 Å². The molecule has 0 bridgehead atoms. The van der Waals surface area contributed by atoms with Crippen LogP contribution < -0.4 is 0 Å². The number of carbonyl (C=O) groups is 1. The Kier molecular flexibility index (Phi) is 5.72. The van der Waals surface area contributed by atoms with Crippen molar-refractivity contribution in [3.05, 3.63) is 69.2 Å². The lowest BCUT2D eigenvalue weighted by Crippen LogP contribution is -2.43. The lowest BCUT2D eigenvalue weighted by molar-refractivity contribution is -0.276. The Bertz CT molecular complexity index is 1060. The number of hydrogen-bond donors (Lipinski definition) is 0. The van der Waals surface area contributed by atoms with E-state index in [9.17, 15) is 31.1 Å². The molecule has 0 saturated heterocycles. The Morgan fingerprint density at radius 3 is 2.35 bits per heavy atom. The SMILES string of the molecule is COC(=O)c1ccc(C2=NOC(c3cc(Cl)cc(C(F)(F)F)c3)(C(F)(F)F)C2)cc1C. The van der Waals surface area contributed by atoms with Gasteiger partial charge in [0, 0.05) is 17.0 Å². The van der Waals surface area contributed by atoms with Gasteiger partial charge in [-0.05, 0) is 48.4 Å². The van der Waals surface area contributed by atoms with Crippen molar-refractivity contribution in [1.82, 2.24) is 0 Å². The summed E-state index contributed by atoms with van der Waals surface area (Å²) < 4.78 is 86.2.